The zero-order chi connectivity index (χ0) is 19.3. The van der Waals surface area contributed by atoms with E-state index >= 15 is 0 Å². The summed E-state index contributed by atoms with van der Waals surface area (Å²) in [6.07, 6.45) is 11.9. The van der Waals surface area contributed by atoms with Gasteiger partial charge in [-0.2, -0.15) is 0 Å². The van der Waals surface area contributed by atoms with Crippen molar-refractivity contribution in [1.82, 2.24) is 0 Å². The molecule has 3 heteroatoms. The van der Waals surface area contributed by atoms with Crippen LogP contribution >= 0.6 is 0 Å². The molecule has 0 aliphatic rings. The van der Waals surface area contributed by atoms with Crippen LogP contribution in [0.4, 0.5) is 0 Å². The van der Waals surface area contributed by atoms with E-state index < -0.39 is 24.5 Å². The maximum atomic E-state index is 10.6. The third-order valence-electron chi connectivity index (χ3n) is 5.51. The van der Waals surface area contributed by atoms with Gasteiger partial charge in [-0.3, -0.25) is 0 Å². The molecule has 26 heavy (non-hydrogen) atoms. The first-order valence-electron chi connectivity index (χ1n) is 10.6. The van der Waals surface area contributed by atoms with E-state index in [-0.39, 0.29) is 0 Å². The maximum absolute atomic E-state index is 10.6. The number of aliphatic hydroxyl groups excluding tert-OH is 1. The van der Waals surface area contributed by atoms with Crippen LogP contribution in [-0.4, -0.2) is 30.6 Å². The fraction of sp³-hybridized carbons (Fsp3) is 0.652. The molecule has 1 aromatic carbocycles. The van der Waals surface area contributed by atoms with E-state index in [1.165, 1.54) is 56.3 Å². The van der Waals surface area contributed by atoms with Gasteiger partial charge in [-0.25, -0.2) is 0 Å². The van der Waals surface area contributed by atoms with Crippen molar-refractivity contribution < 1.29 is 9.84 Å². The van der Waals surface area contributed by atoms with E-state index in [0.717, 1.165) is 11.3 Å². The molecule has 148 valence electrons. The summed E-state index contributed by atoms with van der Waals surface area (Å²) in [5, 5.41) is 10.6. The van der Waals surface area contributed by atoms with Crippen molar-refractivity contribution in [2.45, 2.75) is 83.1 Å². The molecular formula is C23H40O2Sn. The topological polar surface area (TPSA) is 29.5 Å². The summed E-state index contributed by atoms with van der Waals surface area (Å²) in [4.78, 5) is 0. The molecule has 1 N–H and O–H groups in total. The van der Waals surface area contributed by atoms with Crippen LogP contribution in [0.3, 0.4) is 0 Å². The Hall–Kier alpha value is -0.481. The van der Waals surface area contributed by atoms with Gasteiger partial charge in [0.05, 0.1) is 0 Å². The second-order valence-corrected chi connectivity index (χ2v) is 21.6. The Bertz CT molecular complexity index is 491. The number of benzene rings is 1. The first-order chi connectivity index (χ1) is 12.6. The van der Waals surface area contributed by atoms with E-state index in [4.69, 9.17) is 4.74 Å². The zero-order valence-corrected chi connectivity index (χ0v) is 20.3. The van der Waals surface area contributed by atoms with E-state index in [1.54, 1.807) is 7.11 Å². The van der Waals surface area contributed by atoms with Crippen LogP contribution in [0.5, 0.6) is 5.75 Å². The number of unbranched alkanes of at least 4 members (excludes halogenated alkanes) is 3. The molecule has 0 spiro atoms. The summed E-state index contributed by atoms with van der Waals surface area (Å²) in [5.74, 6) is 0.766. The summed E-state index contributed by atoms with van der Waals surface area (Å²) in [6.45, 7) is 6.95. The summed E-state index contributed by atoms with van der Waals surface area (Å²) >= 11 is -2.14. The van der Waals surface area contributed by atoms with Gasteiger partial charge in [0, 0.05) is 0 Å². The monoisotopic (exact) mass is 468 g/mol. The molecular weight excluding hydrogens is 427 g/mol. The molecule has 2 nitrogen and oxygen atoms in total. The normalized spacial score (nSPS) is 13.3. The Morgan fingerprint density at radius 3 is 2.00 bits per heavy atom. The van der Waals surface area contributed by atoms with Crippen LogP contribution in [0, 0.1) is 0 Å². The van der Waals surface area contributed by atoms with Gasteiger partial charge in [0.15, 0.2) is 0 Å². The number of hydrogen-bond donors (Lipinski definition) is 1. The molecule has 0 aromatic heterocycles. The van der Waals surface area contributed by atoms with Crippen molar-refractivity contribution in [3.05, 3.63) is 42.0 Å². The molecule has 0 saturated heterocycles. The second kappa shape index (κ2) is 13.7. The number of aliphatic hydroxyl groups is 1. The molecule has 1 atom stereocenters. The Morgan fingerprint density at radius 1 is 0.962 bits per heavy atom. The third kappa shape index (κ3) is 8.04. The summed E-state index contributed by atoms with van der Waals surface area (Å²) < 4.78 is 11.2. The van der Waals surface area contributed by atoms with Crippen molar-refractivity contribution in [3.63, 3.8) is 0 Å². The van der Waals surface area contributed by atoms with Crippen molar-refractivity contribution in [2.24, 2.45) is 0 Å². The van der Waals surface area contributed by atoms with E-state index in [2.05, 4.69) is 26.8 Å². The summed E-state index contributed by atoms with van der Waals surface area (Å²) in [7, 11) is 1.66. The minimum absolute atomic E-state index is 0.571. The number of para-hydroxylation sites is 1. The fourth-order valence-corrected chi connectivity index (χ4v) is 19.0. The van der Waals surface area contributed by atoms with Gasteiger partial charge in [0.25, 0.3) is 0 Å². The first-order valence-corrected chi connectivity index (χ1v) is 18.7. The number of hydrogen-bond acceptors (Lipinski definition) is 2. The summed E-state index contributed by atoms with van der Waals surface area (Å²) in [6, 6.07) is 7.78. The Labute approximate surface area is 165 Å². The van der Waals surface area contributed by atoms with Crippen molar-refractivity contribution in [1.29, 1.82) is 0 Å². The average molecular weight is 467 g/mol. The predicted octanol–water partition coefficient (Wildman–Crippen LogP) is 7.13. The van der Waals surface area contributed by atoms with Crippen LogP contribution in [0.2, 0.25) is 17.7 Å². The third-order valence-corrected chi connectivity index (χ3v) is 20.8. The summed E-state index contributed by atoms with van der Waals surface area (Å²) in [5.41, 5.74) is 0.864. The molecule has 1 aromatic rings. The number of methoxy groups -OCH3 is 1. The molecule has 0 aliphatic heterocycles. The van der Waals surface area contributed by atoms with Crippen molar-refractivity contribution in [2.75, 3.05) is 7.11 Å². The molecule has 0 bridgehead atoms. The predicted molar refractivity (Wildman–Crippen MR) is 117 cm³/mol. The average Bonchev–Trinajstić information content (AvgIpc) is 2.68. The zero-order valence-electron chi connectivity index (χ0n) is 17.5. The van der Waals surface area contributed by atoms with E-state index in [1.807, 2.05) is 30.3 Å². The molecule has 0 saturated carbocycles. The van der Waals surface area contributed by atoms with Gasteiger partial charge in [-0.05, 0) is 0 Å². The first kappa shape index (κ1) is 23.6. The van der Waals surface area contributed by atoms with Crippen LogP contribution < -0.4 is 4.74 Å². The molecule has 0 amide bonds. The molecule has 0 aliphatic carbocycles. The van der Waals surface area contributed by atoms with Gasteiger partial charge in [0.1, 0.15) is 0 Å². The molecule has 0 heterocycles. The molecule has 1 unspecified atom stereocenters. The standard InChI is InChI=1S/C11H13O2.3C4H9.Sn/c1-3-6-10(12)9-7-4-5-8-11(9)13-2;3*1-3-4-2;/h3-8,10,12H,1H2,2H3;3*1,3-4H2,2H3;/b6-3-;;;;. The van der Waals surface area contributed by atoms with Crippen molar-refractivity contribution in [3.8, 4) is 5.75 Å². The van der Waals surface area contributed by atoms with Crippen LogP contribution in [-0.2, 0) is 0 Å². The SMILES string of the molecule is CCC[CH2][Sn]([CH2]/C=C\C(O)c1ccccc1OC)([CH2]CCC)[CH2]CCC. The molecule has 1 rings (SSSR count). The fourth-order valence-electron chi connectivity index (χ4n) is 3.80. The van der Waals surface area contributed by atoms with Crippen molar-refractivity contribution >= 4 is 18.4 Å². The van der Waals surface area contributed by atoms with Crippen LogP contribution in [0.15, 0.2) is 36.4 Å². The Morgan fingerprint density at radius 2 is 1.50 bits per heavy atom. The van der Waals surface area contributed by atoms with Crippen LogP contribution in [0.1, 0.15) is 71.0 Å². The van der Waals surface area contributed by atoms with Crippen LogP contribution in [0.25, 0.3) is 0 Å². The Kier molecular flexibility index (Phi) is 12.4. The van der Waals surface area contributed by atoms with Gasteiger partial charge < -0.3 is 0 Å². The minimum atomic E-state index is -2.14. The van der Waals surface area contributed by atoms with E-state index in [9.17, 15) is 5.11 Å². The Balaban J connectivity index is 2.85. The van der Waals surface area contributed by atoms with Gasteiger partial charge in [-0.1, -0.05) is 0 Å². The molecule has 0 radical (unpaired) electrons. The van der Waals surface area contributed by atoms with Gasteiger partial charge in [0.2, 0.25) is 0 Å². The molecule has 0 fully saturated rings. The number of allylic oxidation sites excluding steroid dienone is 1. The quantitative estimate of drug-likeness (QED) is 0.233. The van der Waals surface area contributed by atoms with Gasteiger partial charge >= 0.3 is 166 Å². The number of ether oxygens (including phenoxy) is 1. The van der Waals surface area contributed by atoms with E-state index in [0.29, 0.717) is 0 Å². The second-order valence-electron chi connectivity index (χ2n) is 7.63. The number of rotatable bonds is 14. The van der Waals surface area contributed by atoms with Gasteiger partial charge in [-0.15, -0.1) is 0 Å².